The van der Waals surface area contributed by atoms with Crippen molar-refractivity contribution in [3.63, 3.8) is 0 Å². The van der Waals surface area contributed by atoms with Gasteiger partial charge < -0.3 is 4.74 Å². The molecule has 1 aliphatic carbocycles. The SMILES string of the molecule is CCOC(=O)NC(=O)CSc1nnnn1C1CC1. The number of thioether (sulfide) groups is 1. The molecule has 9 heteroatoms. The molecule has 1 N–H and O–H groups in total. The number of carbonyl (C=O) groups excluding carboxylic acids is 2. The van der Waals surface area contributed by atoms with E-state index in [1.807, 2.05) is 0 Å². The summed E-state index contributed by atoms with van der Waals surface area (Å²) in [6.07, 6.45) is 1.39. The summed E-state index contributed by atoms with van der Waals surface area (Å²) in [5.74, 6) is -0.352. The van der Waals surface area contributed by atoms with E-state index in [4.69, 9.17) is 0 Å². The molecule has 1 heterocycles. The first kappa shape index (κ1) is 12.8. The van der Waals surface area contributed by atoms with E-state index in [0.717, 1.165) is 12.8 Å². The molecule has 0 aromatic carbocycles. The molecule has 0 unspecified atom stereocenters. The number of nitrogens with zero attached hydrogens (tertiary/aromatic N) is 4. The smallest absolute Gasteiger partial charge is 0.413 e. The predicted octanol–water partition coefficient (Wildman–Crippen LogP) is 0.373. The number of hydrogen-bond acceptors (Lipinski definition) is 7. The van der Waals surface area contributed by atoms with Crippen LogP contribution in [-0.4, -0.2) is 44.6 Å². The largest absolute Gasteiger partial charge is 0.450 e. The lowest BCUT2D eigenvalue weighted by Gasteiger charge is -2.04. The Morgan fingerprint density at radius 3 is 3.00 bits per heavy atom. The predicted molar refractivity (Wildman–Crippen MR) is 62.0 cm³/mol. The van der Waals surface area contributed by atoms with E-state index < -0.39 is 12.0 Å². The minimum atomic E-state index is -0.732. The standard InChI is InChI=1S/C9H13N5O3S/c1-2-17-9(16)10-7(15)5-18-8-11-12-13-14(8)6-3-4-6/h6H,2-5H2,1H3,(H,10,15,16). The summed E-state index contributed by atoms with van der Waals surface area (Å²) in [6, 6.07) is 0.357. The lowest BCUT2D eigenvalue weighted by Crippen LogP contribution is -2.32. The summed E-state index contributed by atoms with van der Waals surface area (Å²) < 4.78 is 6.31. The summed E-state index contributed by atoms with van der Waals surface area (Å²) in [4.78, 5) is 22.4. The second-order valence-corrected chi connectivity index (χ2v) is 4.64. The fourth-order valence-electron chi connectivity index (χ4n) is 1.28. The molecule has 1 aromatic rings. The summed E-state index contributed by atoms with van der Waals surface area (Å²) >= 11 is 1.20. The fraction of sp³-hybridized carbons (Fsp3) is 0.667. The molecular weight excluding hydrogens is 258 g/mol. The molecule has 0 radical (unpaired) electrons. The van der Waals surface area contributed by atoms with Crippen LogP contribution in [0.25, 0.3) is 0 Å². The van der Waals surface area contributed by atoms with E-state index in [1.54, 1.807) is 11.6 Å². The number of rotatable bonds is 5. The van der Waals surface area contributed by atoms with Gasteiger partial charge in [-0.25, -0.2) is 9.48 Å². The Morgan fingerprint density at radius 2 is 2.33 bits per heavy atom. The summed E-state index contributed by atoms with van der Waals surface area (Å²) in [5, 5.41) is 14.0. The molecule has 98 valence electrons. The van der Waals surface area contributed by atoms with Gasteiger partial charge in [0.2, 0.25) is 11.1 Å². The highest BCUT2D eigenvalue weighted by molar-refractivity contribution is 7.99. The van der Waals surface area contributed by atoms with Crippen molar-refractivity contribution in [2.24, 2.45) is 0 Å². The van der Waals surface area contributed by atoms with Crippen molar-refractivity contribution in [1.29, 1.82) is 0 Å². The minimum absolute atomic E-state index is 0.0753. The molecule has 1 saturated carbocycles. The first-order valence-corrected chi connectivity index (χ1v) is 6.56. The molecule has 18 heavy (non-hydrogen) atoms. The second kappa shape index (κ2) is 5.80. The van der Waals surface area contributed by atoms with Gasteiger partial charge in [0, 0.05) is 0 Å². The molecule has 8 nitrogen and oxygen atoms in total. The van der Waals surface area contributed by atoms with Gasteiger partial charge in [-0.05, 0) is 30.2 Å². The molecule has 1 aromatic heterocycles. The van der Waals surface area contributed by atoms with Crippen LogP contribution in [0.3, 0.4) is 0 Å². The van der Waals surface area contributed by atoms with Crippen molar-refractivity contribution in [2.75, 3.05) is 12.4 Å². The van der Waals surface area contributed by atoms with Crippen molar-refractivity contribution in [3.8, 4) is 0 Å². The zero-order chi connectivity index (χ0) is 13.0. The molecule has 0 atom stereocenters. The molecule has 0 saturated heterocycles. The van der Waals surface area contributed by atoms with Crippen LogP contribution in [0.1, 0.15) is 25.8 Å². The van der Waals surface area contributed by atoms with E-state index in [1.165, 1.54) is 11.8 Å². The third-order valence-electron chi connectivity index (χ3n) is 2.20. The summed E-state index contributed by atoms with van der Waals surface area (Å²) in [6.45, 7) is 1.90. The topological polar surface area (TPSA) is 99.0 Å². The van der Waals surface area contributed by atoms with E-state index in [9.17, 15) is 9.59 Å². The zero-order valence-electron chi connectivity index (χ0n) is 9.83. The van der Waals surface area contributed by atoms with Gasteiger partial charge in [-0.1, -0.05) is 11.8 Å². The Labute approximate surface area is 107 Å². The monoisotopic (exact) mass is 271 g/mol. The van der Waals surface area contributed by atoms with Crippen LogP contribution in [0.4, 0.5) is 4.79 Å². The lowest BCUT2D eigenvalue weighted by molar-refractivity contribution is -0.117. The maximum absolute atomic E-state index is 11.4. The summed E-state index contributed by atoms with van der Waals surface area (Å²) in [5.41, 5.74) is 0. The van der Waals surface area contributed by atoms with Crippen LogP contribution in [0.2, 0.25) is 0 Å². The number of imide groups is 1. The number of tetrazole rings is 1. The van der Waals surface area contributed by atoms with Crippen molar-refractivity contribution >= 4 is 23.8 Å². The third-order valence-corrected chi connectivity index (χ3v) is 3.14. The average molecular weight is 271 g/mol. The normalized spacial score (nSPS) is 14.3. The number of aromatic nitrogens is 4. The van der Waals surface area contributed by atoms with Crippen molar-refractivity contribution < 1.29 is 14.3 Å². The number of carbonyl (C=O) groups is 2. The van der Waals surface area contributed by atoms with Gasteiger partial charge in [-0.2, -0.15) is 0 Å². The van der Waals surface area contributed by atoms with Gasteiger partial charge in [-0.3, -0.25) is 10.1 Å². The highest BCUT2D eigenvalue weighted by Crippen LogP contribution is 2.36. The Hall–Kier alpha value is -1.64. The van der Waals surface area contributed by atoms with Crippen LogP contribution in [0, 0.1) is 0 Å². The van der Waals surface area contributed by atoms with Crippen LogP contribution >= 0.6 is 11.8 Å². The molecular formula is C9H13N5O3S. The number of hydrogen-bond donors (Lipinski definition) is 1. The molecule has 1 aliphatic rings. The zero-order valence-corrected chi connectivity index (χ0v) is 10.6. The van der Waals surface area contributed by atoms with Crippen molar-refractivity contribution in [2.45, 2.75) is 31.0 Å². The summed E-state index contributed by atoms with van der Waals surface area (Å²) in [7, 11) is 0. The van der Waals surface area contributed by atoms with Gasteiger partial charge in [-0.15, -0.1) is 5.10 Å². The second-order valence-electron chi connectivity index (χ2n) is 3.69. The molecule has 2 rings (SSSR count). The first-order chi connectivity index (χ1) is 8.70. The van der Waals surface area contributed by atoms with Crippen LogP contribution in [0.5, 0.6) is 0 Å². The van der Waals surface area contributed by atoms with Gasteiger partial charge in [0.15, 0.2) is 0 Å². The third kappa shape index (κ3) is 3.42. The van der Waals surface area contributed by atoms with E-state index in [2.05, 4.69) is 25.6 Å². The minimum Gasteiger partial charge on any atom is -0.450 e. The van der Waals surface area contributed by atoms with E-state index in [-0.39, 0.29) is 12.4 Å². The molecule has 0 aliphatic heterocycles. The van der Waals surface area contributed by atoms with E-state index in [0.29, 0.717) is 11.2 Å². The lowest BCUT2D eigenvalue weighted by atomic mass is 10.7. The Balaban J connectivity index is 1.78. The maximum Gasteiger partial charge on any atom is 0.413 e. The number of alkyl carbamates (subject to hydrolysis) is 1. The van der Waals surface area contributed by atoms with Gasteiger partial charge >= 0.3 is 6.09 Å². The Bertz CT molecular complexity index is 445. The average Bonchev–Trinajstić information content (AvgIpc) is 3.06. The molecule has 0 bridgehead atoms. The molecule has 2 amide bonds. The van der Waals surface area contributed by atoms with Crippen molar-refractivity contribution in [1.82, 2.24) is 25.5 Å². The van der Waals surface area contributed by atoms with E-state index >= 15 is 0 Å². The van der Waals surface area contributed by atoms with Gasteiger partial charge in [0.25, 0.3) is 0 Å². The van der Waals surface area contributed by atoms with Crippen LogP contribution in [0.15, 0.2) is 5.16 Å². The number of ether oxygens (including phenoxy) is 1. The molecule has 1 fully saturated rings. The molecule has 0 spiro atoms. The van der Waals surface area contributed by atoms with Gasteiger partial charge in [0.05, 0.1) is 18.4 Å². The Morgan fingerprint density at radius 1 is 1.56 bits per heavy atom. The van der Waals surface area contributed by atoms with Crippen molar-refractivity contribution in [3.05, 3.63) is 0 Å². The first-order valence-electron chi connectivity index (χ1n) is 5.58. The fourth-order valence-corrected chi connectivity index (χ4v) is 2.02. The highest BCUT2D eigenvalue weighted by Gasteiger charge is 2.28. The van der Waals surface area contributed by atoms with Crippen LogP contribution in [-0.2, 0) is 9.53 Å². The number of amides is 2. The van der Waals surface area contributed by atoms with Crippen LogP contribution < -0.4 is 5.32 Å². The Kier molecular flexibility index (Phi) is 4.13. The van der Waals surface area contributed by atoms with Gasteiger partial charge in [0.1, 0.15) is 0 Å². The maximum atomic E-state index is 11.4. The number of nitrogens with one attached hydrogen (secondary N) is 1. The highest BCUT2D eigenvalue weighted by atomic mass is 32.2. The quantitative estimate of drug-likeness (QED) is 0.772.